The summed E-state index contributed by atoms with van der Waals surface area (Å²) in [6, 6.07) is 9.80. The van der Waals surface area contributed by atoms with Crippen LogP contribution in [0.15, 0.2) is 41.7 Å². The molecule has 0 aliphatic rings. The maximum absolute atomic E-state index is 12.0. The number of aromatic nitrogens is 5. The van der Waals surface area contributed by atoms with Crippen molar-refractivity contribution < 1.29 is 4.79 Å². The van der Waals surface area contributed by atoms with E-state index in [1.54, 1.807) is 4.68 Å². The lowest BCUT2D eigenvalue weighted by molar-refractivity contribution is -0.118. The van der Waals surface area contributed by atoms with Gasteiger partial charge < -0.3 is 5.32 Å². The van der Waals surface area contributed by atoms with Crippen LogP contribution in [0.4, 0.5) is 0 Å². The number of amides is 1. The van der Waals surface area contributed by atoms with E-state index in [0.29, 0.717) is 29.3 Å². The number of hydrogen-bond donors (Lipinski definition) is 1. The highest BCUT2D eigenvalue weighted by Gasteiger charge is 2.12. The predicted molar refractivity (Wildman–Crippen MR) is 87.8 cm³/mol. The van der Waals surface area contributed by atoms with Crippen molar-refractivity contribution in [1.82, 2.24) is 30.3 Å². The van der Waals surface area contributed by atoms with Crippen LogP contribution in [-0.2, 0) is 17.9 Å². The molecule has 3 aromatic rings. The molecule has 7 nitrogen and oxygen atoms in total. The molecule has 1 amide bonds. The standard InChI is InChI=1S/C15H16N6OS/c1-2-21-14-13(19-20-21)15(18-10-17-14)23-9-12(22)16-8-11-6-4-3-5-7-11/h3-7,10H,2,8-9H2,1H3,(H,16,22). The Balaban J connectivity index is 1.60. The number of thioether (sulfide) groups is 1. The zero-order chi connectivity index (χ0) is 16.1. The summed E-state index contributed by atoms with van der Waals surface area (Å²) in [5.74, 6) is 0.228. The molecule has 0 saturated heterocycles. The fourth-order valence-electron chi connectivity index (χ4n) is 2.07. The van der Waals surface area contributed by atoms with Crippen LogP contribution >= 0.6 is 11.8 Å². The minimum absolute atomic E-state index is 0.0477. The molecular weight excluding hydrogens is 312 g/mol. The first-order chi connectivity index (χ1) is 11.3. The molecule has 2 heterocycles. The second kappa shape index (κ2) is 7.19. The average Bonchev–Trinajstić information content (AvgIpc) is 3.02. The molecule has 0 saturated carbocycles. The van der Waals surface area contributed by atoms with Gasteiger partial charge in [0.25, 0.3) is 0 Å². The van der Waals surface area contributed by atoms with Crippen molar-refractivity contribution in [3.63, 3.8) is 0 Å². The molecule has 118 valence electrons. The summed E-state index contributed by atoms with van der Waals surface area (Å²) in [5.41, 5.74) is 2.39. The molecule has 1 N–H and O–H groups in total. The van der Waals surface area contributed by atoms with Crippen molar-refractivity contribution in [3.05, 3.63) is 42.2 Å². The van der Waals surface area contributed by atoms with E-state index < -0.39 is 0 Å². The molecule has 0 spiro atoms. The van der Waals surface area contributed by atoms with Gasteiger partial charge in [-0.1, -0.05) is 47.3 Å². The van der Waals surface area contributed by atoms with Gasteiger partial charge in [-0.2, -0.15) is 0 Å². The Hall–Kier alpha value is -2.48. The maximum atomic E-state index is 12.0. The third-order valence-corrected chi connectivity index (χ3v) is 4.22. The van der Waals surface area contributed by atoms with Gasteiger partial charge in [0.05, 0.1) is 5.75 Å². The van der Waals surface area contributed by atoms with Gasteiger partial charge in [-0.05, 0) is 12.5 Å². The van der Waals surface area contributed by atoms with Gasteiger partial charge in [0.2, 0.25) is 5.91 Å². The van der Waals surface area contributed by atoms with E-state index in [1.807, 2.05) is 37.3 Å². The highest BCUT2D eigenvalue weighted by Crippen LogP contribution is 2.22. The number of benzene rings is 1. The molecule has 0 unspecified atom stereocenters. The summed E-state index contributed by atoms with van der Waals surface area (Å²) >= 11 is 1.34. The number of rotatable bonds is 6. The Bertz CT molecular complexity index is 804. The second-order valence-electron chi connectivity index (χ2n) is 4.81. The smallest absolute Gasteiger partial charge is 0.230 e. The molecule has 8 heteroatoms. The van der Waals surface area contributed by atoms with Crippen LogP contribution in [0.2, 0.25) is 0 Å². The predicted octanol–water partition coefficient (Wildman–Crippen LogP) is 1.65. The van der Waals surface area contributed by atoms with Gasteiger partial charge in [0.15, 0.2) is 11.2 Å². The topological polar surface area (TPSA) is 85.6 Å². The van der Waals surface area contributed by atoms with E-state index in [4.69, 9.17) is 0 Å². The molecule has 0 atom stereocenters. The second-order valence-corrected chi connectivity index (χ2v) is 5.77. The molecule has 0 radical (unpaired) electrons. The summed E-state index contributed by atoms with van der Waals surface area (Å²) in [5, 5.41) is 11.7. The minimum Gasteiger partial charge on any atom is -0.351 e. The van der Waals surface area contributed by atoms with Crippen molar-refractivity contribution in [2.75, 3.05) is 5.75 Å². The molecule has 23 heavy (non-hydrogen) atoms. The summed E-state index contributed by atoms with van der Waals surface area (Å²) < 4.78 is 1.70. The van der Waals surface area contributed by atoms with E-state index >= 15 is 0 Å². The van der Waals surface area contributed by atoms with E-state index in [1.165, 1.54) is 18.1 Å². The van der Waals surface area contributed by atoms with Gasteiger partial charge in [-0.15, -0.1) is 5.10 Å². The number of hydrogen-bond acceptors (Lipinski definition) is 6. The molecule has 3 rings (SSSR count). The zero-order valence-corrected chi connectivity index (χ0v) is 13.5. The first kappa shape index (κ1) is 15.4. The van der Waals surface area contributed by atoms with Gasteiger partial charge in [-0.3, -0.25) is 4.79 Å². The van der Waals surface area contributed by atoms with Crippen LogP contribution in [0.5, 0.6) is 0 Å². The number of nitrogens with zero attached hydrogens (tertiary/aromatic N) is 5. The van der Waals surface area contributed by atoms with Crippen molar-refractivity contribution in [3.8, 4) is 0 Å². The van der Waals surface area contributed by atoms with Crippen molar-refractivity contribution in [1.29, 1.82) is 0 Å². The molecule has 0 bridgehead atoms. The third kappa shape index (κ3) is 3.65. The van der Waals surface area contributed by atoms with Crippen LogP contribution in [0, 0.1) is 0 Å². The van der Waals surface area contributed by atoms with Crippen LogP contribution in [-0.4, -0.2) is 36.6 Å². The number of carbonyl (C=O) groups is 1. The Kier molecular flexibility index (Phi) is 4.82. The lowest BCUT2D eigenvalue weighted by atomic mass is 10.2. The van der Waals surface area contributed by atoms with E-state index in [9.17, 15) is 4.79 Å². The minimum atomic E-state index is -0.0477. The molecule has 0 aliphatic heterocycles. The number of nitrogens with one attached hydrogen (secondary N) is 1. The molecule has 0 fully saturated rings. The highest BCUT2D eigenvalue weighted by atomic mass is 32.2. The first-order valence-corrected chi connectivity index (χ1v) is 8.24. The van der Waals surface area contributed by atoms with E-state index in [2.05, 4.69) is 25.6 Å². The van der Waals surface area contributed by atoms with E-state index in [-0.39, 0.29) is 11.7 Å². The lowest BCUT2D eigenvalue weighted by Gasteiger charge is -2.05. The first-order valence-electron chi connectivity index (χ1n) is 7.25. The number of fused-ring (bicyclic) bond motifs is 1. The average molecular weight is 328 g/mol. The van der Waals surface area contributed by atoms with Crippen LogP contribution in [0.25, 0.3) is 11.2 Å². The van der Waals surface area contributed by atoms with Crippen LogP contribution in [0.1, 0.15) is 12.5 Å². The Labute approximate surface area is 137 Å². The van der Waals surface area contributed by atoms with Gasteiger partial charge in [0, 0.05) is 13.1 Å². The summed E-state index contributed by atoms with van der Waals surface area (Å²) in [4.78, 5) is 20.4. The Morgan fingerprint density at radius 1 is 1.26 bits per heavy atom. The normalized spacial score (nSPS) is 10.8. The van der Waals surface area contributed by atoms with Crippen LogP contribution < -0.4 is 5.32 Å². The monoisotopic (exact) mass is 328 g/mol. The number of carbonyl (C=O) groups excluding carboxylic acids is 1. The molecular formula is C15H16N6OS. The van der Waals surface area contributed by atoms with Crippen LogP contribution in [0.3, 0.4) is 0 Å². The van der Waals surface area contributed by atoms with Gasteiger partial charge >= 0.3 is 0 Å². The fraction of sp³-hybridized carbons (Fsp3) is 0.267. The van der Waals surface area contributed by atoms with Crippen molar-refractivity contribution >= 4 is 28.8 Å². The van der Waals surface area contributed by atoms with Crippen molar-refractivity contribution in [2.45, 2.75) is 25.0 Å². The zero-order valence-electron chi connectivity index (χ0n) is 12.6. The molecule has 2 aromatic heterocycles. The number of aryl methyl sites for hydroxylation is 1. The largest absolute Gasteiger partial charge is 0.351 e. The fourth-order valence-corrected chi connectivity index (χ4v) is 2.83. The van der Waals surface area contributed by atoms with Gasteiger partial charge in [0.1, 0.15) is 11.4 Å². The third-order valence-electron chi connectivity index (χ3n) is 3.24. The SMILES string of the molecule is CCn1nnc2c(SCC(=O)NCc3ccccc3)ncnc21. The summed E-state index contributed by atoms with van der Waals surface area (Å²) in [6.07, 6.45) is 1.47. The molecule has 0 aliphatic carbocycles. The van der Waals surface area contributed by atoms with E-state index in [0.717, 1.165) is 5.56 Å². The van der Waals surface area contributed by atoms with Gasteiger partial charge in [-0.25, -0.2) is 14.6 Å². The molecule has 1 aromatic carbocycles. The summed E-state index contributed by atoms with van der Waals surface area (Å²) in [6.45, 7) is 3.18. The summed E-state index contributed by atoms with van der Waals surface area (Å²) in [7, 11) is 0. The maximum Gasteiger partial charge on any atom is 0.230 e. The Morgan fingerprint density at radius 2 is 2.09 bits per heavy atom. The lowest BCUT2D eigenvalue weighted by Crippen LogP contribution is -2.24. The Morgan fingerprint density at radius 3 is 2.87 bits per heavy atom. The highest BCUT2D eigenvalue weighted by molar-refractivity contribution is 8.00. The quantitative estimate of drug-likeness (QED) is 0.547. The van der Waals surface area contributed by atoms with Crippen molar-refractivity contribution in [2.24, 2.45) is 0 Å².